The van der Waals surface area contributed by atoms with Crippen LogP contribution >= 0.6 is 27.5 Å². The Morgan fingerprint density at radius 1 is 1.20 bits per heavy atom. The minimum atomic E-state index is 0.105. The second-order valence-corrected chi connectivity index (χ2v) is 7.20. The van der Waals surface area contributed by atoms with Gasteiger partial charge in [0.15, 0.2) is 0 Å². The molecule has 1 aromatic rings. The lowest BCUT2D eigenvalue weighted by Crippen LogP contribution is -2.49. The van der Waals surface area contributed by atoms with Crippen LogP contribution < -0.4 is 0 Å². The molecule has 3 rings (SSSR count). The van der Waals surface area contributed by atoms with Gasteiger partial charge in [-0.15, -0.1) is 0 Å². The molecule has 1 saturated heterocycles. The molecule has 2 aliphatic rings. The van der Waals surface area contributed by atoms with Crippen LogP contribution in [-0.4, -0.2) is 23.4 Å². The Balaban J connectivity index is 1.87. The molecule has 1 aromatic carbocycles. The average molecular weight is 357 g/mol. The number of carbonyl (C=O) groups excluding carboxylic acids is 1. The molecule has 2 atom stereocenters. The molecule has 0 spiro atoms. The molecule has 1 aliphatic carbocycles. The number of hydrogen-bond donors (Lipinski definition) is 0. The monoisotopic (exact) mass is 355 g/mol. The SMILES string of the molecule is O=C(c1cc(Br)ccc1Cl)N1CCCC2CCCCC21. The Morgan fingerprint density at radius 2 is 1.95 bits per heavy atom. The van der Waals surface area contributed by atoms with Crippen molar-refractivity contribution in [1.82, 2.24) is 4.90 Å². The fraction of sp³-hybridized carbons (Fsp3) is 0.562. The van der Waals surface area contributed by atoms with Crippen molar-refractivity contribution in [3.8, 4) is 0 Å². The summed E-state index contributed by atoms with van der Waals surface area (Å²) in [6.45, 7) is 0.878. The number of likely N-dealkylation sites (tertiary alicyclic amines) is 1. The molecule has 108 valence electrons. The first kappa shape index (κ1) is 14.4. The quantitative estimate of drug-likeness (QED) is 0.701. The molecule has 1 aliphatic heterocycles. The average Bonchev–Trinajstić information content (AvgIpc) is 2.48. The topological polar surface area (TPSA) is 20.3 Å². The van der Waals surface area contributed by atoms with Gasteiger partial charge in [0.25, 0.3) is 5.91 Å². The zero-order chi connectivity index (χ0) is 14.1. The molecular formula is C16H19BrClNO. The van der Waals surface area contributed by atoms with Gasteiger partial charge in [-0.2, -0.15) is 0 Å². The molecule has 1 amide bonds. The van der Waals surface area contributed by atoms with Crippen LogP contribution in [0, 0.1) is 5.92 Å². The van der Waals surface area contributed by atoms with Gasteiger partial charge in [-0.3, -0.25) is 4.79 Å². The molecule has 2 unspecified atom stereocenters. The van der Waals surface area contributed by atoms with Crippen LogP contribution in [0.25, 0.3) is 0 Å². The molecule has 20 heavy (non-hydrogen) atoms. The minimum absolute atomic E-state index is 0.105. The number of carbonyl (C=O) groups is 1. The van der Waals surface area contributed by atoms with E-state index in [1.807, 2.05) is 12.1 Å². The number of halogens is 2. The normalized spacial score (nSPS) is 26.2. The summed E-state index contributed by atoms with van der Waals surface area (Å²) >= 11 is 9.65. The molecule has 0 radical (unpaired) electrons. The van der Waals surface area contributed by atoms with Crippen LogP contribution in [0.15, 0.2) is 22.7 Å². The van der Waals surface area contributed by atoms with E-state index in [1.54, 1.807) is 6.07 Å². The Kier molecular flexibility index (Phi) is 4.37. The van der Waals surface area contributed by atoms with Crippen molar-refractivity contribution < 1.29 is 4.79 Å². The van der Waals surface area contributed by atoms with Crippen LogP contribution in [0.1, 0.15) is 48.9 Å². The van der Waals surface area contributed by atoms with E-state index < -0.39 is 0 Å². The minimum Gasteiger partial charge on any atom is -0.335 e. The fourth-order valence-corrected chi connectivity index (χ4v) is 4.25. The van der Waals surface area contributed by atoms with Crippen molar-refractivity contribution in [2.75, 3.05) is 6.54 Å². The van der Waals surface area contributed by atoms with Gasteiger partial charge in [0.1, 0.15) is 0 Å². The summed E-state index contributed by atoms with van der Waals surface area (Å²) in [5.41, 5.74) is 0.632. The molecule has 2 fully saturated rings. The van der Waals surface area contributed by atoms with Crippen LogP contribution in [0.4, 0.5) is 0 Å². The van der Waals surface area contributed by atoms with E-state index in [0.29, 0.717) is 22.5 Å². The zero-order valence-corrected chi connectivity index (χ0v) is 13.8. The van der Waals surface area contributed by atoms with Crippen molar-refractivity contribution in [3.05, 3.63) is 33.3 Å². The number of amides is 1. The van der Waals surface area contributed by atoms with Gasteiger partial charge < -0.3 is 4.90 Å². The smallest absolute Gasteiger partial charge is 0.255 e. The lowest BCUT2D eigenvalue weighted by Gasteiger charge is -2.44. The van der Waals surface area contributed by atoms with Crippen molar-refractivity contribution in [2.45, 2.75) is 44.6 Å². The van der Waals surface area contributed by atoms with Crippen molar-refractivity contribution in [3.63, 3.8) is 0 Å². The first-order chi connectivity index (χ1) is 9.66. The number of hydrogen-bond acceptors (Lipinski definition) is 1. The molecule has 1 saturated carbocycles. The Labute approximate surface area is 133 Å². The highest BCUT2D eigenvalue weighted by Crippen LogP contribution is 2.36. The van der Waals surface area contributed by atoms with Gasteiger partial charge in [0.2, 0.25) is 0 Å². The van der Waals surface area contributed by atoms with Gasteiger partial charge >= 0.3 is 0 Å². The van der Waals surface area contributed by atoms with Crippen molar-refractivity contribution in [1.29, 1.82) is 0 Å². The number of nitrogens with zero attached hydrogens (tertiary/aromatic N) is 1. The molecule has 0 aromatic heterocycles. The molecular weight excluding hydrogens is 338 g/mol. The summed E-state index contributed by atoms with van der Waals surface area (Å²) in [6.07, 6.45) is 7.40. The summed E-state index contributed by atoms with van der Waals surface area (Å²) in [5, 5.41) is 0.552. The van der Waals surface area contributed by atoms with Crippen LogP contribution in [0.3, 0.4) is 0 Å². The van der Waals surface area contributed by atoms with Crippen LogP contribution in [-0.2, 0) is 0 Å². The van der Waals surface area contributed by atoms with E-state index in [0.717, 1.165) is 23.9 Å². The third-order valence-corrected chi connectivity index (χ3v) is 5.49. The lowest BCUT2D eigenvalue weighted by atomic mass is 9.78. The third-order valence-electron chi connectivity index (χ3n) is 4.66. The van der Waals surface area contributed by atoms with E-state index in [4.69, 9.17) is 11.6 Å². The summed E-state index contributed by atoms with van der Waals surface area (Å²) in [6, 6.07) is 5.94. The maximum absolute atomic E-state index is 12.8. The van der Waals surface area contributed by atoms with E-state index in [2.05, 4.69) is 20.8 Å². The Hall–Kier alpha value is -0.540. The number of piperidine rings is 1. The second-order valence-electron chi connectivity index (χ2n) is 5.88. The largest absolute Gasteiger partial charge is 0.335 e. The van der Waals surface area contributed by atoms with E-state index in [1.165, 1.54) is 25.7 Å². The van der Waals surface area contributed by atoms with Crippen LogP contribution in [0.5, 0.6) is 0 Å². The van der Waals surface area contributed by atoms with E-state index in [9.17, 15) is 4.79 Å². The highest BCUT2D eigenvalue weighted by molar-refractivity contribution is 9.10. The van der Waals surface area contributed by atoms with Gasteiger partial charge in [-0.05, 0) is 49.8 Å². The van der Waals surface area contributed by atoms with E-state index in [-0.39, 0.29) is 5.91 Å². The first-order valence-electron chi connectivity index (χ1n) is 7.43. The summed E-state index contributed by atoms with van der Waals surface area (Å²) in [4.78, 5) is 14.9. The maximum Gasteiger partial charge on any atom is 0.255 e. The standard InChI is InChI=1S/C16H19BrClNO/c17-12-7-8-14(18)13(10-12)16(20)19-9-3-5-11-4-1-2-6-15(11)19/h7-8,10-11,15H,1-6,9H2. The van der Waals surface area contributed by atoms with Gasteiger partial charge in [0.05, 0.1) is 10.6 Å². The summed E-state index contributed by atoms with van der Waals surface area (Å²) in [5.74, 6) is 0.806. The Morgan fingerprint density at radius 3 is 2.80 bits per heavy atom. The van der Waals surface area contributed by atoms with E-state index >= 15 is 0 Å². The number of rotatable bonds is 1. The lowest BCUT2D eigenvalue weighted by molar-refractivity contribution is 0.0391. The predicted molar refractivity (Wildman–Crippen MR) is 85.2 cm³/mol. The van der Waals surface area contributed by atoms with Crippen molar-refractivity contribution >= 4 is 33.4 Å². The maximum atomic E-state index is 12.8. The molecule has 0 bridgehead atoms. The Bertz CT molecular complexity index is 517. The number of benzene rings is 1. The summed E-state index contributed by atoms with van der Waals surface area (Å²) in [7, 11) is 0. The van der Waals surface area contributed by atoms with Crippen LogP contribution in [0.2, 0.25) is 5.02 Å². The van der Waals surface area contributed by atoms with Gasteiger partial charge in [0, 0.05) is 17.1 Å². The highest BCUT2D eigenvalue weighted by atomic mass is 79.9. The first-order valence-corrected chi connectivity index (χ1v) is 8.60. The zero-order valence-electron chi connectivity index (χ0n) is 11.4. The molecule has 2 nitrogen and oxygen atoms in total. The fourth-order valence-electron chi connectivity index (χ4n) is 3.69. The van der Waals surface area contributed by atoms with Gasteiger partial charge in [-0.25, -0.2) is 0 Å². The highest BCUT2D eigenvalue weighted by Gasteiger charge is 2.36. The number of fused-ring (bicyclic) bond motifs is 1. The third kappa shape index (κ3) is 2.75. The molecule has 0 N–H and O–H groups in total. The molecule has 1 heterocycles. The molecule has 4 heteroatoms. The van der Waals surface area contributed by atoms with Gasteiger partial charge in [-0.1, -0.05) is 40.4 Å². The predicted octanol–water partition coefficient (Wildman–Crippen LogP) is 4.90. The second kappa shape index (κ2) is 6.07. The van der Waals surface area contributed by atoms with Crippen molar-refractivity contribution in [2.24, 2.45) is 5.92 Å². The summed E-state index contributed by atoms with van der Waals surface area (Å²) < 4.78 is 0.905.